The predicted octanol–water partition coefficient (Wildman–Crippen LogP) is 4.10. The van der Waals surface area contributed by atoms with Crippen molar-refractivity contribution in [3.05, 3.63) is 64.9 Å². The van der Waals surface area contributed by atoms with Gasteiger partial charge in [-0.2, -0.15) is 5.10 Å². The first-order valence-corrected chi connectivity index (χ1v) is 8.52. The van der Waals surface area contributed by atoms with Gasteiger partial charge in [0.05, 0.1) is 5.41 Å². The Labute approximate surface area is 150 Å². The van der Waals surface area contributed by atoms with Crippen molar-refractivity contribution in [3.8, 4) is 11.4 Å². The average molecular weight is 353 g/mol. The summed E-state index contributed by atoms with van der Waals surface area (Å²) >= 11 is 6.09. The Kier molecular flexibility index (Phi) is 3.81. The molecule has 25 heavy (non-hydrogen) atoms. The van der Waals surface area contributed by atoms with Gasteiger partial charge in [0, 0.05) is 16.3 Å². The highest BCUT2D eigenvalue weighted by atomic mass is 35.5. The molecule has 1 saturated carbocycles. The van der Waals surface area contributed by atoms with Crippen LogP contribution in [0.4, 0.5) is 5.69 Å². The minimum Gasteiger partial charge on any atom is -0.325 e. The van der Waals surface area contributed by atoms with E-state index in [4.69, 9.17) is 11.6 Å². The van der Waals surface area contributed by atoms with Crippen molar-refractivity contribution in [2.75, 3.05) is 5.32 Å². The fourth-order valence-electron chi connectivity index (χ4n) is 3.02. The number of aromatic nitrogens is 3. The first-order chi connectivity index (χ1) is 12.1. The van der Waals surface area contributed by atoms with Gasteiger partial charge in [-0.25, -0.2) is 4.98 Å². The largest absolute Gasteiger partial charge is 0.325 e. The zero-order valence-electron chi connectivity index (χ0n) is 13.7. The molecule has 0 bridgehead atoms. The van der Waals surface area contributed by atoms with E-state index in [1.165, 1.54) is 0 Å². The number of aromatic amines is 1. The number of rotatable bonds is 4. The zero-order valence-corrected chi connectivity index (χ0v) is 14.5. The fraction of sp³-hybridized carbons (Fsp3) is 0.211. The van der Waals surface area contributed by atoms with Gasteiger partial charge >= 0.3 is 0 Å². The molecule has 0 atom stereocenters. The molecule has 1 amide bonds. The van der Waals surface area contributed by atoms with E-state index in [0.29, 0.717) is 10.8 Å². The summed E-state index contributed by atoms with van der Waals surface area (Å²) in [5.74, 6) is 1.37. The quantitative estimate of drug-likeness (QED) is 0.742. The molecule has 0 spiro atoms. The Morgan fingerprint density at radius 1 is 1.20 bits per heavy atom. The maximum atomic E-state index is 12.9. The van der Waals surface area contributed by atoms with Gasteiger partial charge in [-0.15, -0.1) is 0 Å². The highest BCUT2D eigenvalue weighted by molar-refractivity contribution is 6.30. The second-order valence-electron chi connectivity index (χ2n) is 6.37. The zero-order chi connectivity index (χ0) is 17.4. The molecule has 1 fully saturated rings. The topological polar surface area (TPSA) is 70.7 Å². The van der Waals surface area contributed by atoms with E-state index in [-0.39, 0.29) is 5.91 Å². The van der Waals surface area contributed by atoms with Crippen LogP contribution < -0.4 is 5.32 Å². The van der Waals surface area contributed by atoms with E-state index in [9.17, 15) is 4.79 Å². The third-order valence-electron chi connectivity index (χ3n) is 4.54. The van der Waals surface area contributed by atoms with Gasteiger partial charge < -0.3 is 5.32 Å². The summed E-state index contributed by atoms with van der Waals surface area (Å²) in [5.41, 5.74) is 2.09. The highest BCUT2D eigenvalue weighted by Gasteiger charge is 2.51. The summed E-state index contributed by atoms with van der Waals surface area (Å²) in [6.07, 6.45) is 1.66. The molecule has 126 valence electrons. The molecule has 5 nitrogen and oxygen atoms in total. The number of hydrogen-bond donors (Lipinski definition) is 2. The van der Waals surface area contributed by atoms with Crippen molar-refractivity contribution >= 4 is 23.2 Å². The Morgan fingerprint density at radius 3 is 2.68 bits per heavy atom. The number of benzene rings is 2. The Hall–Kier alpha value is -2.66. The van der Waals surface area contributed by atoms with Crippen LogP contribution in [0.25, 0.3) is 11.4 Å². The third kappa shape index (κ3) is 3.03. The maximum Gasteiger partial charge on any atom is 0.235 e. The highest BCUT2D eigenvalue weighted by Crippen LogP contribution is 2.49. The number of amides is 1. The lowest BCUT2D eigenvalue weighted by Gasteiger charge is -2.16. The number of anilines is 1. The average Bonchev–Trinajstić information content (AvgIpc) is 3.31. The SMILES string of the molecule is Cc1nc(-c2cccc(NC(=O)C3(c4cccc(Cl)c4)CC3)c2)n[nH]1. The summed E-state index contributed by atoms with van der Waals surface area (Å²) in [7, 11) is 0. The molecule has 0 aliphatic heterocycles. The van der Waals surface area contributed by atoms with E-state index < -0.39 is 5.41 Å². The van der Waals surface area contributed by atoms with Crippen molar-refractivity contribution in [2.24, 2.45) is 0 Å². The molecule has 2 N–H and O–H groups in total. The number of aryl methyl sites for hydroxylation is 1. The van der Waals surface area contributed by atoms with Crippen molar-refractivity contribution in [2.45, 2.75) is 25.2 Å². The fourth-order valence-corrected chi connectivity index (χ4v) is 3.21. The lowest BCUT2D eigenvalue weighted by molar-refractivity contribution is -0.118. The van der Waals surface area contributed by atoms with Crippen molar-refractivity contribution in [3.63, 3.8) is 0 Å². The van der Waals surface area contributed by atoms with Crippen LogP contribution in [0.15, 0.2) is 48.5 Å². The number of carbonyl (C=O) groups is 1. The Bertz CT molecular complexity index is 946. The minimum absolute atomic E-state index is 0.00177. The maximum absolute atomic E-state index is 12.9. The summed E-state index contributed by atoms with van der Waals surface area (Å²) in [6.45, 7) is 1.85. The van der Waals surface area contributed by atoms with Gasteiger partial charge in [-0.1, -0.05) is 35.9 Å². The molecule has 0 saturated heterocycles. The molecule has 3 aromatic rings. The molecule has 1 aliphatic carbocycles. The molecule has 2 aromatic carbocycles. The van der Waals surface area contributed by atoms with Gasteiger partial charge in [0.1, 0.15) is 5.82 Å². The van der Waals surface area contributed by atoms with Crippen LogP contribution in [0.2, 0.25) is 5.02 Å². The molecular formula is C19H17ClN4O. The molecule has 0 unspecified atom stereocenters. The van der Waals surface area contributed by atoms with Crippen LogP contribution in [0.5, 0.6) is 0 Å². The minimum atomic E-state index is -0.470. The smallest absolute Gasteiger partial charge is 0.235 e. The van der Waals surface area contributed by atoms with Gasteiger partial charge in [-0.05, 0) is 49.6 Å². The molecule has 1 aliphatic rings. The van der Waals surface area contributed by atoms with E-state index in [0.717, 1.165) is 35.5 Å². The molecule has 1 heterocycles. The molecule has 1 aromatic heterocycles. The molecular weight excluding hydrogens is 336 g/mol. The lowest BCUT2D eigenvalue weighted by Crippen LogP contribution is -2.27. The summed E-state index contributed by atoms with van der Waals surface area (Å²) in [5, 5.41) is 10.7. The monoisotopic (exact) mass is 352 g/mol. The number of carbonyl (C=O) groups excluding carboxylic acids is 1. The Morgan fingerprint density at radius 2 is 2.00 bits per heavy atom. The number of nitrogens with zero attached hydrogens (tertiary/aromatic N) is 2. The lowest BCUT2D eigenvalue weighted by atomic mass is 9.95. The Balaban J connectivity index is 1.57. The standard InChI is InChI=1S/C19H17ClN4O/c1-12-21-17(24-23-12)13-4-2-7-16(10-13)22-18(25)19(8-9-19)14-5-3-6-15(20)11-14/h2-7,10-11H,8-9H2,1H3,(H,22,25)(H,21,23,24). The van der Waals surface area contributed by atoms with Crippen molar-refractivity contribution in [1.82, 2.24) is 15.2 Å². The van der Waals surface area contributed by atoms with E-state index >= 15 is 0 Å². The summed E-state index contributed by atoms with van der Waals surface area (Å²) < 4.78 is 0. The summed E-state index contributed by atoms with van der Waals surface area (Å²) in [4.78, 5) is 17.2. The number of nitrogens with one attached hydrogen (secondary N) is 2. The van der Waals surface area contributed by atoms with Crippen molar-refractivity contribution in [1.29, 1.82) is 0 Å². The van der Waals surface area contributed by atoms with Gasteiger partial charge in [0.25, 0.3) is 0 Å². The van der Waals surface area contributed by atoms with Gasteiger partial charge in [0.2, 0.25) is 5.91 Å². The number of halogens is 1. The van der Waals surface area contributed by atoms with Crippen molar-refractivity contribution < 1.29 is 4.79 Å². The van der Waals surface area contributed by atoms with E-state index in [2.05, 4.69) is 20.5 Å². The normalized spacial score (nSPS) is 15.0. The van der Waals surface area contributed by atoms with E-state index in [1.54, 1.807) is 0 Å². The molecule has 4 rings (SSSR count). The second kappa shape index (κ2) is 6.01. The van der Waals surface area contributed by atoms with Crippen LogP contribution in [0.3, 0.4) is 0 Å². The first-order valence-electron chi connectivity index (χ1n) is 8.14. The van der Waals surface area contributed by atoms with Crippen LogP contribution in [0.1, 0.15) is 24.2 Å². The first kappa shape index (κ1) is 15.8. The number of hydrogen-bond acceptors (Lipinski definition) is 3. The molecule has 6 heteroatoms. The van der Waals surface area contributed by atoms with Crippen LogP contribution in [-0.2, 0) is 10.2 Å². The van der Waals surface area contributed by atoms with Gasteiger partial charge in [-0.3, -0.25) is 9.89 Å². The van der Waals surface area contributed by atoms with Crippen LogP contribution >= 0.6 is 11.6 Å². The molecule has 0 radical (unpaired) electrons. The predicted molar refractivity (Wildman–Crippen MR) is 97.5 cm³/mol. The van der Waals surface area contributed by atoms with Gasteiger partial charge in [0.15, 0.2) is 5.82 Å². The third-order valence-corrected chi connectivity index (χ3v) is 4.77. The second-order valence-corrected chi connectivity index (χ2v) is 6.81. The van der Waals surface area contributed by atoms with Crippen LogP contribution in [0, 0.1) is 6.92 Å². The van der Waals surface area contributed by atoms with Crippen LogP contribution in [-0.4, -0.2) is 21.1 Å². The van der Waals surface area contributed by atoms with E-state index in [1.807, 2.05) is 55.5 Å². The summed E-state index contributed by atoms with van der Waals surface area (Å²) in [6, 6.07) is 15.1. The number of H-pyrrole nitrogens is 1.